The van der Waals surface area contributed by atoms with Crippen LogP contribution in [0, 0.1) is 0 Å². The van der Waals surface area contributed by atoms with Gasteiger partial charge in [-0.3, -0.25) is 0 Å². The van der Waals surface area contributed by atoms with E-state index in [4.69, 9.17) is 0 Å². The zero-order valence-corrected chi connectivity index (χ0v) is 32.0. The molecule has 11 aromatic rings. The third-order valence-electron chi connectivity index (χ3n) is 12.0. The van der Waals surface area contributed by atoms with Crippen LogP contribution in [0.15, 0.2) is 188 Å². The molecule has 0 fully saturated rings. The highest BCUT2D eigenvalue weighted by Crippen LogP contribution is 2.45. The molecular weight excluding hydrogens is 709 g/mol. The summed E-state index contributed by atoms with van der Waals surface area (Å²) in [5.41, 5.74) is 16.3. The van der Waals surface area contributed by atoms with Crippen LogP contribution < -0.4 is 0 Å². The van der Waals surface area contributed by atoms with Crippen LogP contribution in [0.4, 0.5) is 0 Å². The summed E-state index contributed by atoms with van der Waals surface area (Å²) >= 11 is 1.90. The number of fused-ring (bicyclic) bond motifs is 9. The fourth-order valence-electron chi connectivity index (χ4n) is 9.43. The summed E-state index contributed by atoms with van der Waals surface area (Å²) < 4.78 is 7.63. The molecule has 1 aliphatic carbocycles. The molecule has 1 aliphatic rings. The van der Waals surface area contributed by atoms with Crippen molar-refractivity contribution >= 4 is 70.3 Å². The number of hydrogen-bond acceptors (Lipinski definition) is 1. The molecule has 0 aliphatic heterocycles. The molecule has 0 spiro atoms. The van der Waals surface area contributed by atoms with Crippen molar-refractivity contribution in [1.82, 2.24) is 9.13 Å². The molecule has 3 heterocycles. The number of para-hydroxylation sites is 2. The van der Waals surface area contributed by atoms with Gasteiger partial charge in [0.1, 0.15) is 0 Å². The van der Waals surface area contributed by atoms with Crippen molar-refractivity contribution in [3.8, 4) is 44.8 Å². The van der Waals surface area contributed by atoms with E-state index in [2.05, 4.69) is 203 Å². The maximum absolute atomic E-state index is 2.56. The smallest absolute Gasteiger partial charge is 0.0547 e. The van der Waals surface area contributed by atoms with Crippen LogP contribution in [-0.2, 0) is 6.42 Å². The molecule has 8 aromatic carbocycles. The van der Waals surface area contributed by atoms with E-state index in [1.807, 2.05) is 11.3 Å². The van der Waals surface area contributed by atoms with Crippen LogP contribution >= 0.6 is 11.3 Å². The number of benzene rings is 8. The van der Waals surface area contributed by atoms with Crippen molar-refractivity contribution in [2.24, 2.45) is 0 Å². The number of aromatic nitrogens is 2. The van der Waals surface area contributed by atoms with E-state index < -0.39 is 0 Å². The van der Waals surface area contributed by atoms with Gasteiger partial charge in [-0.25, -0.2) is 0 Å². The Labute approximate surface area is 334 Å². The summed E-state index contributed by atoms with van der Waals surface area (Å²) in [4.78, 5) is 0. The summed E-state index contributed by atoms with van der Waals surface area (Å²) in [5, 5.41) is 6.49. The van der Waals surface area contributed by atoms with E-state index in [-0.39, 0.29) is 0 Å². The summed E-state index contributed by atoms with van der Waals surface area (Å²) in [6.07, 6.45) is 6.75. The van der Waals surface area contributed by atoms with Crippen LogP contribution in [0.5, 0.6) is 0 Å². The summed E-state index contributed by atoms with van der Waals surface area (Å²) in [6, 6.07) is 67.1. The third-order valence-corrected chi connectivity index (χ3v) is 13.2. The Morgan fingerprint density at radius 2 is 1.11 bits per heavy atom. The highest BCUT2D eigenvalue weighted by atomic mass is 32.1. The molecular formula is C54H36N2S. The Morgan fingerprint density at radius 3 is 1.96 bits per heavy atom. The molecule has 0 radical (unpaired) electrons. The van der Waals surface area contributed by atoms with E-state index in [1.54, 1.807) is 0 Å². The largest absolute Gasteiger partial charge is 0.313 e. The fraction of sp³-hybridized carbons (Fsp3) is 0.0370. The van der Waals surface area contributed by atoms with Gasteiger partial charge in [-0.05, 0) is 95.3 Å². The highest BCUT2D eigenvalue weighted by molar-refractivity contribution is 7.26. The molecule has 3 heteroatoms. The third kappa shape index (κ3) is 5.02. The maximum atomic E-state index is 2.56. The zero-order valence-electron chi connectivity index (χ0n) is 31.2. The molecule has 0 saturated carbocycles. The van der Waals surface area contributed by atoms with E-state index in [1.165, 1.54) is 109 Å². The Bertz CT molecular complexity index is 3380. The minimum Gasteiger partial charge on any atom is -0.313 e. The van der Waals surface area contributed by atoms with Crippen LogP contribution in [-0.4, -0.2) is 9.13 Å². The van der Waals surface area contributed by atoms with Crippen molar-refractivity contribution in [1.29, 1.82) is 0 Å². The fourth-order valence-corrected chi connectivity index (χ4v) is 10.6. The van der Waals surface area contributed by atoms with Gasteiger partial charge in [-0.1, -0.05) is 140 Å². The standard InChI is InChI=1S/C54H36N2S/c1-3-14-35(15-4-1)36-26-28-37(29-27-36)45-33-40(34-47-43-19-9-12-25-52(43)57-54(45)47)56-48-22-10-7-18-42(48)46-32-38(30-31-50(46)56)41-21-13-24-51-53(41)44-20-8-11-23-49(44)55(51)39-16-5-2-6-17-39/h1-9,11-21,23-34H,10,22H2. The molecule has 3 aromatic heterocycles. The lowest BCUT2D eigenvalue weighted by Crippen LogP contribution is -2.03. The second-order valence-electron chi connectivity index (χ2n) is 15.2. The predicted octanol–water partition coefficient (Wildman–Crippen LogP) is 15.1. The van der Waals surface area contributed by atoms with E-state index in [0.29, 0.717) is 0 Å². The molecule has 12 rings (SSSR count). The number of thiophene rings is 1. The first-order chi connectivity index (χ1) is 28.3. The van der Waals surface area contributed by atoms with Crippen molar-refractivity contribution in [3.05, 3.63) is 199 Å². The second kappa shape index (κ2) is 12.8. The van der Waals surface area contributed by atoms with Gasteiger partial charge in [0.05, 0.1) is 16.6 Å². The van der Waals surface area contributed by atoms with E-state index in [9.17, 15) is 0 Å². The molecule has 2 nitrogen and oxygen atoms in total. The lowest BCUT2D eigenvalue weighted by molar-refractivity contribution is 0.889. The summed E-state index contributed by atoms with van der Waals surface area (Å²) in [7, 11) is 0. The summed E-state index contributed by atoms with van der Waals surface area (Å²) in [5.74, 6) is 0. The molecule has 0 atom stereocenters. The monoisotopic (exact) mass is 744 g/mol. The van der Waals surface area contributed by atoms with Gasteiger partial charge >= 0.3 is 0 Å². The summed E-state index contributed by atoms with van der Waals surface area (Å²) in [6.45, 7) is 0. The quantitative estimate of drug-likeness (QED) is 0.166. The second-order valence-corrected chi connectivity index (χ2v) is 16.2. The normalized spacial score (nSPS) is 12.7. The average molecular weight is 745 g/mol. The molecule has 268 valence electrons. The van der Waals surface area contributed by atoms with Crippen LogP contribution in [0.1, 0.15) is 17.7 Å². The van der Waals surface area contributed by atoms with Gasteiger partial charge in [0.15, 0.2) is 0 Å². The van der Waals surface area contributed by atoms with Crippen molar-refractivity contribution < 1.29 is 0 Å². The lowest BCUT2D eigenvalue weighted by Gasteiger charge is -2.16. The number of nitrogens with zero attached hydrogens (tertiary/aromatic N) is 2. The van der Waals surface area contributed by atoms with Crippen molar-refractivity contribution in [3.63, 3.8) is 0 Å². The Hall–Kier alpha value is -6.94. The first-order valence-corrected chi connectivity index (χ1v) is 20.6. The number of allylic oxidation sites excluding steroid dienone is 1. The molecule has 0 bridgehead atoms. The molecule has 57 heavy (non-hydrogen) atoms. The molecule has 0 amide bonds. The Kier molecular flexibility index (Phi) is 7.26. The van der Waals surface area contributed by atoms with Gasteiger partial charge in [0.2, 0.25) is 0 Å². The highest BCUT2D eigenvalue weighted by Gasteiger charge is 2.23. The van der Waals surface area contributed by atoms with Crippen LogP contribution in [0.2, 0.25) is 0 Å². The lowest BCUT2D eigenvalue weighted by atomic mass is 9.96. The van der Waals surface area contributed by atoms with Crippen molar-refractivity contribution in [2.75, 3.05) is 0 Å². The van der Waals surface area contributed by atoms with Crippen LogP contribution in [0.25, 0.3) is 104 Å². The molecule has 0 unspecified atom stereocenters. The van der Waals surface area contributed by atoms with E-state index in [0.717, 1.165) is 12.8 Å². The van der Waals surface area contributed by atoms with Gasteiger partial charge in [-0.2, -0.15) is 0 Å². The van der Waals surface area contributed by atoms with Crippen LogP contribution in [0.3, 0.4) is 0 Å². The number of rotatable bonds is 5. The first-order valence-electron chi connectivity index (χ1n) is 19.8. The number of hydrogen-bond donors (Lipinski definition) is 0. The first kappa shape index (κ1) is 32.3. The van der Waals surface area contributed by atoms with Crippen molar-refractivity contribution in [2.45, 2.75) is 12.8 Å². The molecule has 0 saturated heterocycles. The Morgan fingerprint density at radius 1 is 0.421 bits per heavy atom. The minimum atomic E-state index is 1.000. The minimum absolute atomic E-state index is 1.000. The van der Waals surface area contributed by atoms with Gasteiger partial charge in [0, 0.05) is 64.5 Å². The zero-order chi connectivity index (χ0) is 37.5. The Balaban J connectivity index is 1.07. The van der Waals surface area contributed by atoms with Gasteiger partial charge < -0.3 is 9.13 Å². The average Bonchev–Trinajstić information content (AvgIpc) is 3.94. The predicted molar refractivity (Wildman–Crippen MR) is 244 cm³/mol. The maximum Gasteiger partial charge on any atom is 0.0547 e. The van der Waals surface area contributed by atoms with Gasteiger partial charge in [-0.15, -0.1) is 11.3 Å². The topological polar surface area (TPSA) is 9.86 Å². The SMILES string of the molecule is C1=Cc2c(n(-c3cc(-c4ccc(-c5ccccc5)cc4)c4sc5ccccc5c4c3)c3ccc(-c4cccc5c4c4ccccc4n5-c4ccccc4)cc23)CC1. The molecule has 0 N–H and O–H groups in total. The van der Waals surface area contributed by atoms with Gasteiger partial charge in [0.25, 0.3) is 0 Å². The van der Waals surface area contributed by atoms with E-state index >= 15 is 0 Å².